The molecule has 1 atom stereocenters. The van der Waals surface area contributed by atoms with E-state index >= 15 is 0 Å². The lowest BCUT2D eigenvalue weighted by Crippen LogP contribution is -2.46. The van der Waals surface area contributed by atoms with Gasteiger partial charge in [0.05, 0.1) is 12.0 Å². The Labute approximate surface area is 166 Å². The highest BCUT2D eigenvalue weighted by Crippen LogP contribution is 2.27. The van der Waals surface area contributed by atoms with Crippen LogP contribution in [-0.2, 0) is 21.4 Å². The minimum Gasteiger partial charge on any atom is -0.497 e. The number of hydrogen-bond acceptors (Lipinski definition) is 4. The molecule has 0 bridgehead atoms. The molecular weight excluding hydrogens is 376 g/mol. The molecule has 1 fully saturated rings. The zero-order chi connectivity index (χ0) is 20.3. The van der Waals surface area contributed by atoms with Gasteiger partial charge in [-0.1, -0.05) is 29.8 Å². The van der Waals surface area contributed by atoms with Crippen molar-refractivity contribution in [3.8, 4) is 5.75 Å². The molecule has 1 aliphatic heterocycles. The number of sulfonamides is 1. The largest absolute Gasteiger partial charge is 0.497 e. The maximum absolute atomic E-state index is 13.1. The number of rotatable bonds is 6. The fourth-order valence-corrected chi connectivity index (χ4v) is 5.11. The summed E-state index contributed by atoms with van der Waals surface area (Å²) in [7, 11) is -0.381. The van der Waals surface area contributed by atoms with Crippen LogP contribution in [-0.4, -0.2) is 50.3 Å². The van der Waals surface area contributed by atoms with Crippen LogP contribution >= 0.6 is 0 Å². The van der Waals surface area contributed by atoms with Crippen LogP contribution in [0.25, 0.3) is 0 Å². The second-order valence-electron chi connectivity index (χ2n) is 7.13. The lowest BCUT2D eigenvalue weighted by atomic mass is 10.1. The van der Waals surface area contributed by atoms with Gasteiger partial charge >= 0.3 is 0 Å². The summed E-state index contributed by atoms with van der Waals surface area (Å²) in [6.07, 6.45) is 1.22. The molecule has 0 radical (unpaired) electrons. The zero-order valence-electron chi connectivity index (χ0n) is 16.5. The molecular formula is C21H26N2O4S. The molecule has 0 saturated carbocycles. The highest BCUT2D eigenvalue weighted by Gasteiger charge is 2.40. The van der Waals surface area contributed by atoms with E-state index in [4.69, 9.17) is 4.74 Å². The van der Waals surface area contributed by atoms with E-state index < -0.39 is 16.1 Å². The van der Waals surface area contributed by atoms with E-state index in [0.717, 1.165) is 16.9 Å². The average molecular weight is 403 g/mol. The molecule has 1 aliphatic rings. The van der Waals surface area contributed by atoms with Gasteiger partial charge in [0.25, 0.3) is 0 Å². The molecule has 0 spiro atoms. The van der Waals surface area contributed by atoms with E-state index in [0.29, 0.717) is 25.9 Å². The van der Waals surface area contributed by atoms with Crippen LogP contribution in [0.4, 0.5) is 0 Å². The zero-order valence-corrected chi connectivity index (χ0v) is 17.3. The van der Waals surface area contributed by atoms with Crippen molar-refractivity contribution < 1.29 is 17.9 Å². The summed E-state index contributed by atoms with van der Waals surface area (Å²) in [5.41, 5.74) is 1.95. The number of aryl methyl sites for hydroxylation is 1. The van der Waals surface area contributed by atoms with Gasteiger partial charge < -0.3 is 9.64 Å². The van der Waals surface area contributed by atoms with Crippen LogP contribution in [0, 0.1) is 6.92 Å². The Balaban J connectivity index is 1.75. The molecule has 28 heavy (non-hydrogen) atoms. The van der Waals surface area contributed by atoms with E-state index in [1.165, 1.54) is 4.31 Å². The van der Waals surface area contributed by atoms with E-state index in [9.17, 15) is 13.2 Å². The van der Waals surface area contributed by atoms with Gasteiger partial charge in [-0.2, -0.15) is 4.31 Å². The number of carbonyl (C=O) groups is 1. The van der Waals surface area contributed by atoms with Gasteiger partial charge in [0.15, 0.2) is 0 Å². The average Bonchev–Trinajstić information content (AvgIpc) is 3.19. The Morgan fingerprint density at radius 3 is 2.39 bits per heavy atom. The molecule has 1 saturated heterocycles. The molecule has 0 N–H and O–H groups in total. The summed E-state index contributed by atoms with van der Waals surface area (Å²) in [4.78, 5) is 14.8. The Kier molecular flexibility index (Phi) is 6.05. The first-order chi connectivity index (χ1) is 13.3. The van der Waals surface area contributed by atoms with Gasteiger partial charge in [0.1, 0.15) is 11.8 Å². The number of amides is 1. The van der Waals surface area contributed by atoms with E-state index in [1.807, 2.05) is 31.2 Å². The topological polar surface area (TPSA) is 66.9 Å². The molecule has 2 aromatic rings. The Morgan fingerprint density at radius 2 is 1.79 bits per heavy atom. The predicted molar refractivity (Wildman–Crippen MR) is 108 cm³/mol. The number of hydrogen-bond donors (Lipinski definition) is 0. The van der Waals surface area contributed by atoms with Crippen molar-refractivity contribution in [2.45, 2.75) is 37.2 Å². The first-order valence-electron chi connectivity index (χ1n) is 9.29. The number of benzene rings is 2. The van der Waals surface area contributed by atoms with Crippen LogP contribution in [0.1, 0.15) is 24.0 Å². The van der Waals surface area contributed by atoms with Crippen molar-refractivity contribution >= 4 is 15.9 Å². The van der Waals surface area contributed by atoms with Gasteiger partial charge in [-0.15, -0.1) is 0 Å². The van der Waals surface area contributed by atoms with Gasteiger partial charge in [-0.25, -0.2) is 8.42 Å². The quantitative estimate of drug-likeness (QED) is 0.745. The van der Waals surface area contributed by atoms with Crippen LogP contribution < -0.4 is 4.74 Å². The maximum Gasteiger partial charge on any atom is 0.243 e. The van der Waals surface area contributed by atoms with Gasteiger partial charge in [-0.05, 0) is 49.6 Å². The number of ether oxygens (including phenoxy) is 1. The molecule has 1 heterocycles. The fraction of sp³-hybridized carbons (Fsp3) is 0.381. The first-order valence-corrected chi connectivity index (χ1v) is 10.7. The van der Waals surface area contributed by atoms with Crippen molar-refractivity contribution in [1.82, 2.24) is 9.21 Å². The molecule has 150 valence electrons. The Bertz CT molecular complexity index is 924. The van der Waals surface area contributed by atoms with Crippen molar-refractivity contribution in [2.75, 3.05) is 20.7 Å². The van der Waals surface area contributed by atoms with Gasteiger partial charge in [-0.3, -0.25) is 4.79 Å². The van der Waals surface area contributed by atoms with Gasteiger partial charge in [0, 0.05) is 20.1 Å². The Morgan fingerprint density at radius 1 is 1.14 bits per heavy atom. The van der Waals surface area contributed by atoms with Crippen LogP contribution in [0.15, 0.2) is 53.4 Å². The third-order valence-electron chi connectivity index (χ3n) is 5.07. The van der Waals surface area contributed by atoms with Crippen LogP contribution in [0.2, 0.25) is 0 Å². The molecule has 6 nitrogen and oxygen atoms in total. The number of carbonyl (C=O) groups excluding carboxylic acids is 1. The molecule has 1 amide bonds. The number of likely N-dealkylation sites (N-methyl/N-ethyl adjacent to an activating group) is 1. The van der Waals surface area contributed by atoms with E-state index in [1.54, 1.807) is 43.3 Å². The number of methoxy groups -OCH3 is 1. The summed E-state index contributed by atoms with van der Waals surface area (Å²) in [5, 5.41) is 0. The van der Waals surface area contributed by atoms with Crippen LogP contribution in [0.5, 0.6) is 5.75 Å². The van der Waals surface area contributed by atoms with E-state index in [-0.39, 0.29) is 10.8 Å². The lowest BCUT2D eigenvalue weighted by Gasteiger charge is -2.27. The molecule has 7 heteroatoms. The minimum atomic E-state index is -3.70. The molecule has 2 aromatic carbocycles. The second kappa shape index (κ2) is 8.32. The van der Waals surface area contributed by atoms with E-state index in [2.05, 4.69) is 0 Å². The highest BCUT2D eigenvalue weighted by molar-refractivity contribution is 7.89. The van der Waals surface area contributed by atoms with Gasteiger partial charge in [0.2, 0.25) is 15.9 Å². The minimum absolute atomic E-state index is 0.177. The third kappa shape index (κ3) is 4.20. The van der Waals surface area contributed by atoms with Crippen LogP contribution in [0.3, 0.4) is 0 Å². The first kappa shape index (κ1) is 20.4. The maximum atomic E-state index is 13.1. The van der Waals surface area contributed by atoms with Crippen molar-refractivity contribution in [1.29, 1.82) is 0 Å². The summed E-state index contributed by atoms with van der Waals surface area (Å²) in [6.45, 7) is 2.69. The van der Waals surface area contributed by atoms with Crippen molar-refractivity contribution in [3.05, 3.63) is 59.7 Å². The smallest absolute Gasteiger partial charge is 0.243 e. The molecule has 1 unspecified atom stereocenters. The van der Waals surface area contributed by atoms with Crippen molar-refractivity contribution in [3.63, 3.8) is 0 Å². The molecule has 0 aliphatic carbocycles. The Hall–Kier alpha value is -2.38. The lowest BCUT2D eigenvalue weighted by molar-refractivity contribution is -0.133. The summed E-state index contributed by atoms with van der Waals surface area (Å²) < 4.78 is 32.6. The number of nitrogens with zero attached hydrogens (tertiary/aromatic N) is 2. The fourth-order valence-electron chi connectivity index (χ4n) is 3.46. The molecule has 3 rings (SSSR count). The van der Waals surface area contributed by atoms with Crippen molar-refractivity contribution in [2.24, 2.45) is 0 Å². The summed E-state index contributed by atoms with van der Waals surface area (Å²) in [5.74, 6) is 0.577. The normalized spacial score (nSPS) is 17.5. The summed E-state index contributed by atoms with van der Waals surface area (Å²) >= 11 is 0. The predicted octanol–water partition coefficient (Wildman–Crippen LogP) is 2.82. The monoisotopic (exact) mass is 402 g/mol. The highest BCUT2D eigenvalue weighted by atomic mass is 32.2. The molecule has 0 aromatic heterocycles. The third-order valence-corrected chi connectivity index (χ3v) is 6.99. The second-order valence-corrected chi connectivity index (χ2v) is 9.02. The summed E-state index contributed by atoms with van der Waals surface area (Å²) in [6, 6.07) is 13.6. The SMILES string of the molecule is COc1ccc(CN(C)C(=O)C2CCCN2S(=O)(=O)c2ccc(C)cc2)cc1. The standard InChI is InChI=1S/C21H26N2O4S/c1-16-6-12-19(13-7-16)28(25,26)23-14-4-5-20(23)21(24)22(2)15-17-8-10-18(27-3)11-9-17/h6-13,20H,4-5,14-15H2,1-3H3.